The summed E-state index contributed by atoms with van der Waals surface area (Å²) in [6, 6.07) is 18.7. The molecule has 1 amide bonds. The maximum absolute atomic E-state index is 13.4. The predicted octanol–water partition coefficient (Wildman–Crippen LogP) is 3.88. The van der Waals surface area contributed by atoms with Gasteiger partial charge < -0.3 is 5.32 Å². The number of rotatable bonds is 8. The van der Waals surface area contributed by atoms with E-state index < -0.39 is 32.5 Å². The molecule has 0 aromatic heterocycles. The van der Waals surface area contributed by atoms with Crippen LogP contribution in [0.25, 0.3) is 0 Å². The second-order valence-electron chi connectivity index (χ2n) is 7.63. The number of carbonyl (C=O) groups excluding carboxylic acids is 1. The third-order valence-corrected chi connectivity index (χ3v) is 8.25. The van der Waals surface area contributed by atoms with E-state index in [0.29, 0.717) is 16.4 Å². The standard InChI is InChI=1S/C23H24ClN3O5S2/c1-17-7-13-22(14-8-17)34(31,32)27(20-11-9-18(24)10-12-20)16-23(28)25-19-5-4-6-21(15-19)26(2)33(3,29)30/h4-15H,16H2,1-3H3,(H,25,28). The average molecular weight is 522 g/mol. The van der Waals surface area contributed by atoms with Crippen LogP contribution in [0.2, 0.25) is 5.02 Å². The summed E-state index contributed by atoms with van der Waals surface area (Å²) in [7, 11) is -6.17. The van der Waals surface area contributed by atoms with Gasteiger partial charge in [0.15, 0.2) is 0 Å². The van der Waals surface area contributed by atoms with Crippen molar-refractivity contribution in [3.05, 3.63) is 83.4 Å². The lowest BCUT2D eigenvalue weighted by Crippen LogP contribution is -2.38. The number of nitrogens with zero attached hydrogens (tertiary/aromatic N) is 2. The third-order valence-electron chi connectivity index (χ3n) is 5.00. The summed E-state index contributed by atoms with van der Waals surface area (Å²) in [4.78, 5) is 12.9. The summed E-state index contributed by atoms with van der Waals surface area (Å²) >= 11 is 5.96. The molecular formula is C23H24ClN3O5S2. The second kappa shape index (κ2) is 10.0. The molecule has 11 heteroatoms. The quantitative estimate of drug-likeness (QED) is 0.484. The van der Waals surface area contributed by atoms with Crippen LogP contribution >= 0.6 is 11.6 Å². The molecule has 180 valence electrons. The van der Waals surface area contributed by atoms with Crippen molar-refractivity contribution >= 4 is 54.6 Å². The lowest BCUT2D eigenvalue weighted by Gasteiger charge is -2.24. The fourth-order valence-corrected chi connectivity index (χ4v) is 5.11. The van der Waals surface area contributed by atoms with Crippen molar-refractivity contribution in [2.75, 3.05) is 33.8 Å². The number of nitrogens with one attached hydrogen (secondary N) is 1. The number of anilines is 3. The Labute approximate surface area is 204 Å². The highest BCUT2D eigenvalue weighted by atomic mass is 35.5. The molecule has 0 aliphatic heterocycles. The van der Waals surface area contributed by atoms with Crippen molar-refractivity contribution in [2.45, 2.75) is 11.8 Å². The number of amides is 1. The van der Waals surface area contributed by atoms with E-state index >= 15 is 0 Å². The van der Waals surface area contributed by atoms with E-state index in [0.717, 1.165) is 20.4 Å². The Balaban J connectivity index is 1.91. The van der Waals surface area contributed by atoms with Crippen LogP contribution in [-0.4, -0.2) is 42.6 Å². The first-order valence-electron chi connectivity index (χ1n) is 10.1. The van der Waals surface area contributed by atoms with Gasteiger partial charge >= 0.3 is 0 Å². The zero-order valence-electron chi connectivity index (χ0n) is 18.8. The maximum Gasteiger partial charge on any atom is 0.264 e. The monoisotopic (exact) mass is 521 g/mol. The van der Waals surface area contributed by atoms with E-state index in [9.17, 15) is 21.6 Å². The Kier molecular flexibility index (Phi) is 7.54. The molecular weight excluding hydrogens is 498 g/mol. The molecule has 0 atom stereocenters. The molecule has 8 nitrogen and oxygen atoms in total. The Morgan fingerprint density at radius 2 is 1.53 bits per heavy atom. The topological polar surface area (TPSA) is 104 Å². The second-order valence-corrected chi connectivity index (χ2v) is 11.9. The molecule has 0 aliphatic rings. The molecule has 1 N–H and O–H groups in total. The number of hydrogen-bond donors (Lipinski definition) is 1. The van der Waals surface area contributed by atoms with Gasteiger partial charge in [-0.3, -0.25) is 13.4 Å². The van der Waals surface area contributed by atoms with Crippen molar-refractivity contribution in [1.29, 1.82) is 0 Å². The van der Waals surface area contributed by atoms with Crippen LogP contribution in [0.4, 0.5) is 17.1 Å². The van der Waals surface area contributed by atoms with E-state index in [1.54, 1.807) is 30.3 Å². The molecule has 34 heavy (non-hydrogen) atoms. The number of aryl methyl sites for hydroxylation is 1. The zero-order valence-corrected chi connectivity index (χ0v) is 21.2. The van der Waals surface area contributed by atoms with Gasteiger partial charge in [0.1, 0.15) is 6.54 Å². The first-order chi connectivity index (χ1) is 15.9. The molecule has 0 spiro atoms. The Bertz CT molecular complexity index is 1390. The highest BCUT2D eigenvalue weighted by molar-refractivity contribution is 7.93. The van der Waals surface area contributed by atoms with Gasteiger partial charge in [-0.05, 0) is 61.5 Å². The van der Waals surface area contributed by atoms with Gasteiger partial charge in [0.25, 0.3) is 10.0 Å². The normalized spacial score (nSPS) is 11.6. The van der Waals surface area contributed by atoms with Crippen LogP contribution in [0, 0.1) is 6.92 Å². The molecule has 0 unspecified atom stereocenters. The summed E-state index contributed by atoms with van der Waals surface area (Å²) in [6.45, 7) is 1.33. The smallest absolute Gasteiger partial charge is 0.264 e. The van der Waals surface area contributed by atoms with Gasteiger partial charge in [0.2, 0.25) is 15.9 Å². The van der Waals surface area contributed by atoms with Crippen LogP contribution in [0.1, 0.15) is 5.56 Å². The Morgan fingerprint density at radius 3 is 2.12 bits per heavy atom. The highest BCUT2D eigenvalue weighted by Crippen LogP contribution is 2.26. The predicted molar refractivity (Wildman–Crippen MR) is 135 cm³/mol. The summed E-state index contributed by atoms with van der Waals surface area (Å²) in [5, 5.41) is 3.06. The minimum Gasteiger partial charge on any atom is -0.324 e. The van der Waals surface area contributed by atoms with Gasteiger partial charge in [-0.25, -0.2) is 16.8 Å². The summed E-state index contributed by atoms with van der Waals surface area (Å²) in [5.74, 6) is -0.607. The lowest BCUT2D eigenvalue weighted by atomic mass is 10.2. The molecule has 0 radical (unpaired) electrons. The van der Waals surface area contributed by atoms with Gasteiger partial charge in [-0.1, -0.05) is 35.4 Å². The van der Waals surface area contributed by atoms with Crippen LogP contribution in [-0.2, 0) is 24.8 Å². The summed E-state index contributed by atoms with van der Waals surface area (Å²) < 4.78 is 52.5. The molecule has 0 saturated heterocycles. The Hall–Kier alpha value is -3.08. The van der Waals surface area contributed by atoms with Crippen molar-refractivity contribution in [1.82, 2.24) is 0 Å². The van der Waals surface area contributed by atoms with E-state index in [4.69, 9.17) is 11.6 Å². The molecule has 3 rings (SSSR count). The zero-order chi connectivity index (χ0) is 25.1. The number of carbonyl (C=O) groups is 1. The van der Waals surface area contributed by atoms with Crippen LogP contribution in [0.5, 0.6) is 0 Å². The number of benzene rings is 3. The molecule has 3 aromatic carbocycles. The average Bonchev–Trinajstić information content (AvgIpc) is 2.77. The summed E-state index contributed by atoms with van der Waals surface area (Å²) in [5.41, 5.74) is 1.84. The van der Waals surface area contributed by atoms with Crippen molar-refractivity contribution in [3.8, 4) is 0 Å². The number of hydrogen-bond acceptors (Lipinski definition) is 5. The SMILES string of the molecule is Cc1ccc(S(=O)(=O)N(CC(=O)Nc2cccc(N(C)S(C)(=O)=O)c2)c2ccc(Cl)cc2)cc1. The number of sulfonamides is 2. The van der Waals surface area contributed by atoms with E-state index in [1.807, 2.05) is 6.92 Å². The number of halogens is 1. The van der Waals surface area contributed by atoms with Crippen LogP contribution < -0.4 is 13.9 Å². The van der Waals surface area contributed by atoms with Gasteiger partial charge in [-0.15, -0.1) is 0 Å². The highest BCUT2D eigenvalue weighted by Gasteiger charge is 2.27. The summed E-state index contributed by atoms with van der Waals surface area (Å²) in [6.07, 6.45) is 1.07. The fraction of sp³-hybridized carbons (Fsp3) is 0.174. The van der Waals surface area contributed by atoms with E-state index in [2.05, 4.69) is 5.32 Å². The minimum atomic E-state index is -4.07. The lowest BCUT2D eigenvalue weighted by molar-refractivity contribution is -0.114. The first-order valence-corrected chi connectivity index (χ1v) is 13.7. The molecule has 0 saturated carbocycles. The molecule has 0 bridgehead atoms. The van der Waals surface area contributed by atoms with Crippen LogP contribution in [0.15, 0.2) is 77.7 Å². The van der Waals surface area contributed by atoms with Crippen molar-refractivity contribution in [3.63, 3.8) is 0 Å². The van der Waals surface area contributed by atoms with E-state index in [1.165, 1.54) is 49.5 Å². The van der Waals surface area contributed by atoms with Crippen molar-refractivity contribution in [2.24, 2.45) is 0 Å². The van der Waals surface area contributed by atoms with E-state index in [-0.39, 0.29) is 10.6 Å². The third kappa shape index (κ3) is 6.07. The Morgan fingerprint density at radius 1 is 0.912 bits per heavy atom. The fourth-order valence-electron chi connectivity index (χ4n) is 3.06. The molecule has 0 heterocycles. The van der Waals surface area contributed by atoms with Gasteiger partial charge in [-0.2, -0.15) is 0 Å². The molecule has 0 fully saturated rings. The van der Waals surface area contributed by atoms with Gasteiger partial charge in [0, 0.05) is 17.8 Å². The van der Waals surface area contributed by atoms with Gasteiger partial charge in [0.05, 0.1) is 22.5 Å². The van der Waals surface area contributed by atoms with Crippen molar-refractivity contribution < 1.29 is 21.6 Å². The first kappa shape index (κ1) is 25.5. The molecule has 0 aliphatic carbocycles. The molecule has 3 aromatic rings. The minimum absolute atomic E-state index is 0.0395. The van der Waals surface area contributed by atoms with Crippen LogP contribution in [0.3, 0.4) is 0 Å². The largest absolute Gasteiger partial charge is 0.324 e. The maximum atomic E-state index is 13.4.